The summed E-state index contributed by atoms with van der Waals surface area (Å²) in [6, 6.07) is 18.3. The van der Waals surface area contributed by atoms with E-state index in [1.54, 1.807) is 0 Å². The molecule has 0 aromatic heterocycles. The van der Waals surface area contributed by atoms with Gasteiger partial charge in [0, 0.05) is 6.42 Å². The van der Waals surface area contributed by atoms with E-state index in [-0.39, 0.29) is 14.9 Å². The van der Waals surface area contributed by atoms with E-state index in [4.69, 9.17) is 11.0 Å². The molecule has 0 bridgehead atoms. The Morgan fingerprint density at radius 3 is 2.04 bits per heavy atom. The lowest BCUT2D eigenvalue weighted by atomic mass is 10.1. The number of nitrogens with two attached hydrogens (primary N) is 1. The van der Waals surface area contributed by atoms with Crippen molar-refractivity contribution in [1.29, 1.82) is 5.26 Å². The number of hydrogen-bond donors (Lipinski definition) is 1. The second kappa shape index (κ2) is 13.6. The Balaban J connectivity index is 0. The molecule has 0 unspecified atom stereocenters. The number of aryl methyl sites for hydroxylation is 2. The van der Waals surface area contributed by atoms with E-state index >= 15 is 0 Å². The van der Waals surface area contributed by atoms with Gasteiger partial charge in [-0.25, -0.2) is 0 Å². The normalized spacial score (nSPS) is 9.44. The summed E-state index contributed by atoms with van der Waals surface area (Å²) in [6.45, 7) is 4.08. The van der Waals surface area contributed by atoms with Crippen molar-refractivity contribution in [1.82, 2.24) is 0 Å². The summed E-state index contributed by atoms with van der Waals surface area (Å²) < 4.78 is 0. The smallest absolute Gasteiger partial charge is 0.143 e. The summed E-state index contributed by atoms with van der Waals surface area (Å²) in [5.41, 5.74) is 10.3. The van der Waals surface area contributed by atoms with Crippen molar-refractivity contribution in [3.05, 3.63) is 70.8 Å². The highest BCUT2D eigenvalue weighted by Crippen LogP contribution is 2.04. The van der Waals surface area contributed by atoms with Gasteiger partial charge in [0.1, 0.15) is 12.9 Å². The minimum atomic E-state index is 0. The average Bonchev–Trinajstić information content (AvgIpc) is 2.48. The van der Waals surface area contributed by atoms with Crippen LogP contribution >= 0.6 is 0 Å². The lowest BCUT2D eigenvalue weighted by Crippen LogP contribution is -2.15. The molecule has 0 aliphatic carbocycles. The molecule has 4 heteroatoms. The molecular formula is C21H31N3O. The van der Waals surface area contributed by atoms with Gasteiger partial charge in [0.15, 0.2) is 0 Å². The fourth-order valence-corrected chi connectivity index (χ4v) is 2.09. The second-order valence-corrected chi connectivity index (χ2v) is 5.25. The maximum atomic E-state index is 8.36. The maximum Gasteiger partial charge on any atom is 0.143 e. The third kappa shape index (κ3) is 10.6. The number of amidine groups is 1. The molecule has 2 aromatic carbocycles. The number of rotatable bonds is 4. The zero-order chi connectivity index (χ0) is 17.1. The first-order chi connectivity index (χ1) is 11.0. The summed E-state index contributed by atoms with van der Waals surface area (Å²) in [5.74, 6) is 0.494. The minimum Gasteiger partial charge on any atom is -0.398 e. The van der Waals surface area contributed by atoms with Crippen LogP contribution in [0, 0.1) is 25.2 Å². The third-order valence-electron chi connectivity index (χ3n) is 3.04. The molecule has 0 saturated heterocycles. The van der Waals surface area contributed by atoms with E-state index in [0.717, 1.165) is 11.1 Å². The van der Waals surface area contributed by atoms with Crippen LogP contribution in [0.3, 0.4) is 0 Å². The first-order valence-electron chi connectivity index (χ1n) is 7.38. The van der Waals surface area contributed by atoms with Gasteiger partial charge >= 0.3 is 0 Å². The van der Waals surface area contributed by atoms with Crippen molar-refractivity contribution in [3.8, 4) is 6.07 Å². The molecule has 25 heavy (non-hydrogen) atoms. The van der Waals surface area contributed by atoms with Crippen LogP contribution in [0.1, 0.15) is 37.1 Å². The summed E-state index contributed by atoms with van der Waals surface area (Å²) in [7, 11) is 1.49. The van der Waals surface area contributed by atoms with Crippen molar-refractivity contribution < 1.29 is 4.84 Å². The van der Waals surface area contributed by atoms with Gasteiger partial charge in [0.05, 0.1) is 12.5 Å². The summed E-state index contributed by atoms with van der Waals surface area (Å²) in [4.78, 5) is 4.57. The van der Waals surface area contributed by atoms with Crippen LogP contribution in [0.4, 0.5) is 0 Å². The molecule has 2 rings (SSSR count). The van der Waals surface area contributed by atoms with Crippen molar-refractivity contribution >= 4 is 5.84 Å². The van der Waals surface area contributed by atoms with E-state index in [9.17, 15) is 0 Å². The highest BCUT2D eigenvalue weighted by atomic mass is 16.6. The summed E-state index contributed by atoms with van der Waals surface area (Å²) >= 11 is 0. The van der Waals surface area contributed by atoms with Gasteiger partial charge in [-0.15, -0.1) is 0 Å². The first-order valence-corrected chi connectivity index (χ1v) is 7.38. The second-order valence-electron chi connectivity index (χ2n) is 5.25. The molecule has 0 saturated carbocycles. The van der Waals surface area contributed by atoms with Gasteiger partial charge in [0.2, 0.25) is 0 Å². The molecule has 0 aliphatic heterocycles. The zero-order valence-corrected chi connectivity index (χ0v) is 13.9. The third-order valence-corrected chi connectivity index (χ3v) is 3.04. The van der Waals surface area contributed by atoms with Gasteiger partial charge in [-0.2, -0.15) is 5.26 Å². The van der Waals surface area contributed by atoms with Crippen LogP contribution in [-0.4, -0.2) is 12.9 Å². The van der Waals surface area contributed by atoms with Gasteiger partial charge in [-0.3, -0.25) is 0 Å². The van der Waals surface area contributed by atoms with E-state index in [1.165, 1.54) is 18.2 Å². The molecule has 0 fully saturated rings. The molecule has 0 radical (unpaired) electrons. The number of benzene rings is 2. The average molecular weight is 341 g/mol. The van der Waals surface area contributed by atoms with E-state index in [2.05, 4.69) is 22.1 Å². The highest BCUT2D eigenvalue weighted by molar-refractivity contribution is 5.82. The van der Waals surface area contributed by atoms with E-state index in [0.29, 0.717) is 18.7 Å². The summed E-state index contributed by atoms with van der Waals surface area (Å²) in [5, 5.41) is 12.0. The quantitative estimate of drug-likeness (QED) is 0.494. The maximum absolute atomic E-state index is 8.36. The Labute approximate surface area is 152 Å². The predicted molar refractivity (Wildman–Crippen MR) is 107 cm³/mol. The standard InChI is InChI=1S/C10H14N2O.C9H9N.2CH4/c1-8-4-3-5-9(6-8)7-10(11)12-13-2;1-8-3-2-4-9(7-8)5-6-10;;/h3-6H,7H2,1-2H3,(H2,11,12);2-4,7H,5H2,1H3;2*1H4. The van der Waals surface area contributed by atoms with Gasteiger partial charge in [0.25, 0.3) is 0 Å². The molecule has 4 nitrogen and oxygen atoms in total. The SMILES string of the molecule is C.C.CO/N=C(/N)Cc1cccc(C)c1.Cc1cccc(CC#N)c1. The molecule has 0 spiro atoms. The zero-order valence-electron chi connectivity index (χ0n) is 13.9. The van der Waals surface area contributed by atoms with Gasteiger partial charge in [-0.05, 0) is 25.0 Å². The van der Waals surface area contributed by atoms with Crippen LogP contribution < -0.4 is 5.73 Å². The number of nitriles is 1. The molecule has 2 N–H and O–H groups in total. The van der Waals surface area contributed by atoms with Crippen molar-refractivity contribution in [2.75, 3.05) is 7.11 Å². The Hall–Kier alpha value is -2.80. The van der Waals surface area contributed by atoms with E-state index < -0.39 is 0 Å². The number of nitrogens with zero attached hydrogens (tertiary/aromatic N) is 2. The monoisotopic (exact) mass is 341 g/mol. The number of oxime groups is 1. The van der Waals surface area contributed by atoms with Gasteiger partial charge < -0.3 is 10.6 Å². The molecule has 2 aromatic rings. The fourth-order valence-electron chi connectivity index (χ4n) is 2.09. The topological polar surface area (TPSA) is 71.4 Å². The highest BCUT2D eigenvalue weighted by Gasteiger charge is 1.96. The van der Waals surface area contributed by atoms with Crippen molar-refractivity contribution in [2.24, 2.45) is 10.9 Å². The van der Waals surface area contributed by atoms with Crippen molar-refractivity contribution in [3.63, 3.8) is 0 Å². The molecule has 0 aliphatic rings. The Morgan fingerprint density at radius 1 is 1.04 bits per heavy atom. The van der Waals surface area contributed by atoms with Crippen molar-refractivity contribution in [2.45, 2.75) is 41.5 Å². The molecule has 0 atom stereocenters. The van der Waals surface area contributed by atoms with Crippen LogP contribution in [0.25, 0.3) is 0 Å². The minimum absolute atomic E-state index is 0. The van der Waals surface area contributed by atoms with Crippen LogP contribution in [0.2, 0.25) is 0 Å². The summed E-state index contributed by atoms with van der Waals surface area (Å²) in [6.07, 6.45) is 1.15. The van der Waals surface area contributed by atoms with Crippen LogP contribution in [-0.2, 0) is 17.7 Å². The van der Waals surface area contributed by atoms with E-state index in [1.807, 2.05) is 56.3 Å². The fraction of sp³-hybridized carbons (Fsp3) is 0.333. The number of hydrogen-bond acceptors (Lipinski definition) is 3. The van der Waals surface area contributed by atoms with Crippen LogP contribution in [0.5, 0.6) is 0 Å². The molecule has 136 valence electrons. The molecule has 0 amide bonds. The molecule has 0 heterocycles. The predicted octanol–water partition coefficient (Wildman–Crippen LogP) is 4.79. The van der Waals surface area contributed by atoms with Crippen LogP contribution in [0.15, 0.2) is 53.7 Å². The molecular weight excluding hydrogens is 310 g/mol. The Kier molecular flexibility index (Phi) is 13.3. The van der Waals surface area contributed by atoms with Gasteiger partial charge in [-0.1, -0.05) is 79.7 Å². The lowest BCUT2D eigenvalue weighted by Gasteiger charge is -2.01. The lowest BCUT2D eigenvalue weighted by molar-refractivity contribution is 0.212. The largest absolute Gasteiger partial charge is 0.398 e. The Morgan fingerprint density at radius 2 is 1.56 bits per heavy atom. The Bertz CT molecular complexity index is 688. The first kappa shape index (κ1) is 24.5.